The van der Waals surface area contributed by atoms with Gasteiger partial charge in [-0.2, -0.15) is 0 Å². The third-order valence-electron chi connectivity index (χ3n) is 5.41. The van der Waals surface area contributed by atoms with Gasteiger partial charge in [-0.3, -0.25) is 9.36 Å². The zero-order valence-electron chi connectivity index (χ0n) is 16.7. The number of nitrogens with one attached hydrogen (secondary N) is 1. The van der Waals surface area contributed by atoms with Gasteiger partial charge in [-0.25, -0.2) is 14.8 Å². The van der Waals surface area contributed by atoms with E-state index in [2.05, 4.69) is 15.2 Å². The minimum absolute atomic E-state index is 0.0884. The Labute approximate surface area is 182 Å². The predicted molar refractivity (Wildman–Crippen MR) is 120 cm³/mol. The van der Waals surface area contributed by atoms with E-state index in [1.165, 1.54) is 4.57 Å². The summed E-state index contributed by atoms with van der Waals surface area (Å²) in [7, 11) is 0. The third kappa shape index (κ3) is 3.86. The van der Waals surface area contributed by atoms with Gasteiger partial charge in [0.15, 0.2) is 17.2 Å². The Kier molecular flexibility index (Phi) is 5.07. The van der Waals surface area contributed by atoms with Crippen LogP contribution in [-0.4, -0.2) is 33.5 Å². The second-order valence-corrected chi connectivity index (χ2v) is 7.94. The summed E-state index contributed by atoms with van der Waals surface area (Å²) < 4.78 is 6.66. The molecule has 0 atom stereocenters. The minimum atomic E-state index is -0.520. The highest BCUT2D eigenvalue weighted by atomic mass is 35.5. The molecular weight excluding hydrogens is 418 g/mol. The Morgan fingerprint density at radius 2 is 1.84 bits per heavy atom. The second kappa shape index (κ2) is 8.03. The quantitative estimate of drug-likeness (QED) is 0.510. The fourth-order valence-corrected chi connectivity index (χ4v) is 4.05. The molecule has 0 bridgehead atoms. The van der Waals surface area contributed by atoms with Crippen LogP contribution in [0.4, 0.5) is 11.6 Å². The van der Waals surface area contributed by atoms with Crippen molar-refractivity contribution in [1.29, 1.82) is 0 Å². The number of para-hydroxylation sites is 2. The van der Waals surface area contributed by atoms with Crippen molar-refractivity contribution in [2.24, 2.45) is 0 Å². The number of halogens is 1. The van der Waals surface area contributed by atoms with E-state index >= 15 is 0 Å². The fraction of sp³-hybridized carbons (Fsp3) is 0.273. The molecule has 1 fully saturated rings. The summed E-state index contributed by atoms with van der Waals surface area (Å²) in [5, 5.41) is 3.38. The van der Waals surface area contributed by atoms with Gasteiger partial charge in [0.1, 0.15) is 0 Å². The summed E-state index contributed by atoms with van der Waals surface area (Å²) in [6.45, 7) is 1.95. The normalized spacial score (nSPS) is 13.9. The van der Waals surface area contributed by atoms with Crippen molar-refractivity contribution in [1.82, 2.24) is 14.5 Å². The molecule has 31 heavy (non-hydrogen) atoms. The van der Waals surface area contributed by atoms with E-state index < -0.39 is 5.76 Å². The van der Waals surface area contributed by atoms with Gasteiger partial charge in [-0.15, -0.1) is 0 Å². The first-order chi connectivity index (χ1) is 15.1. The molecule has 1 N–H and O–H groups in total. The average Bonchev–Trinajstić information content (AvgIpc) is 3.39. The lowest BCUT2D eigenvalue weighted by atomic mass is 10.3. The number of oxazole rings is 1. The molecule has 4 aromatic rings. The smallest absolute Gasteiger partial charge is 0.408 e. The van der Waals surface area contributed by atoms with Gasteiger partial charge in [0.25, 0.3) is 0 Å². The summed E-state index contributed by atoms with van der Waals surface area (Å²) in [4.78, 5) is 36.5. The number of aryl methyl sites for hydroxylation is 1. The van der Waals surface area contributed by atoms with E-state index in [9.17, 15) is 9.59 Å². The summed E-state index contributed by atoms with van der Waals surface area (Å²) in [6.07, 6.45) is 2.26. The average molecular weight is 438 g/mol. The standard InChI is InChI=1S/C22H20ClN5O3/c23-14-7-8-17-18(13-14)31-22(30)28(17)12-9-19(29)26-20-21(27-10-3-4-11-27)25-16-6-2-1-5-15(16)24-20/h1-2,5-8,13H,3-4,9-12H2,(H,24,26,29). The summed E-state index contributed by atoms with van der Waals surface area (Å²) in [6, 6.07) is 12.6. The van der Waals surface area contributed by atoms with Crippen molar-refractivity contribution in [2.75, 3.05) is 23.3 Å². The van der Waals surface area contributed by atoms with Crippen molar-refractivity contribution >= 4 is 51.3 Å². The van der Waals surface area contributed by atoms with Crippen molar-refractivity contribution < 1.29 is 9.21 Å². The van der Waals surface area contributed by atoms with Gasteiger partial charge in [-0.1, -0.05) is 23.7 Å². The molecule has 158 valence electrons. The predicted octanol–water partition coefficient (Wildman–Crippen LogP) is 3.82. The number of hydrogen-bond donors (Lipinski definition) is 1. The van der Waals surface area contributed by atoms with E-state index in [4.69, 9.17) is 21.0 Å². The highest BCUT2D eigenvalue weighted by Crippen LogP contribution is 2.28. The number of anilines is 2. The molecular formula is C22H20ClN5O3. The molecule has 1 aliphatic rings. The third-order valence-corrected chi connectivity index (χ3v) is 5.64. The van der Waals surface area contributed by atoms with E-state index in [1.807, 2.05) is 24.3 Å². The molecule has 8 nitrogen and oxygen atoms in total. The largest absolute Gasteiger partial charge is 0.419 e. The van der Waals surface area contributed by atoms with Crippen LogP contribution in [0.3, 0.4) is 0 Å². The SMILES string of the molecule is O=C(CCn1c(=O)oc2cc(Cl)ccc21)Nc1nc2ccccc2nc1N1CCCC1. The molecule has 5 rings (SSSR count). The van der Waals surface area contributed by atoms with Crippen LogP contribution in [0, 0.1) is 0 Å². The zero-order chi connectivity index (χ0) is 21.4. The molecule has 2 aromatic heterocycles. The van der Waals surface area contributed by atoms with Crippen LogP contribution in [0.5, 0.6) is 0 Å². The first-order valence-electron chi connectivity index (χ1n) is 10.2. The monoisotopic (exact) mass is 437 g/mol. The van der Waals surface area contributed by atoms with Crippen LogP contribution in [-0.2, 0) is 11.3 Å². The van der Waals surface area contributed by atoms with Gasteiger partial charge < -0.3 is 14.6 Å². The Morgan fingerprint density at radius 1 is 1.10 bits per heavy atom. The molecule has 0 aliphatic carbocycles. The first-order valence-corrected chi connectivity index (χ1v) is 10.6. The molecule has 0 radical (unpaired) electrons. The molecule has 0 saturated carbocycles. The van der Waals surface area contributed by atoms with E-state index in [0.717, 1.165) is 37.0 Å². The molecule has 2 aromatic carbocycles. The van der Waals surface area contributed by atoms with Crippen LogP contribution in [0.2, 0.25) is 5.02 Å². The van der Waals surface area contributed by atoms with Crippen LogP contribution in [0.15, 0.2) is 51.7 Å². The van der Waals surface area contributed by atoms with Crippen molar-refractivity contribution in [2.45, 2.75) is 25.8 Å². The summed E-state index contributed by atoms with van der Waals surface area (Å²) in [5.74, 6) is 0.362. The number of amides is 1. The number of rotatable bonds is 5. The molecule has 0 unspecified atom stereocenters. The number of aromatic nitrogens is 3. The fourth-order valence-electron chi connectivity index (χ4n) is 3.88. The van der Waals surface area contributed by atoms with Crippen molar-refractivity contribution in [3.8, 4) is 0 Å². The maximum atomic E-state index is 12.7. The molecule has 9 heteroatoms. The number of carbonyl (C=O) groups excluding carboxylic acids is 1. The van der Waals surface area contributed by atoms with Crippen LogP contribution < -0.4 is 16.0 Å². The lowest BCUT2D eigenvalue weighted by molar-refractivity contribution is -0.116. The van der Waals surface area contributed by atoms with Gasteiger partial charge in [0.05, 0.1) is 16.6 Å². The van der Waals surface area contributed by atoms with Crippen LogP contribution in [0.25, 0.3) is 22.1 Å². The molecule has 1 saturated heterocycles. The molecule has 1 aliphatic heterocycles. The summed E-state index contributed by atoms with van der Waals surface area (Å²) >= 11 is 5.96. The Bertz CT molecular complexity index is 1340. The Morgan fingerprint density at radius 3 is 2.61 bits per heavy atom. The van der Waals surface area contributed by atoms with E-state index in [1.54, 1.807) is 18.2 Å². The van der Waals surface area contributed by atoms with Gasteiger partial charge >= 0.3 is 5.76 Å². The van der Waals surface area contributed by atoms with Gasteiger partial charge in [0.2, 0.25) is 5.91 Å². The highest BCUT2D eigenvalue weighted by molar-refractivity contribution is 6.31. The summed E-state index contributed by atoms with van der Waals surface area (Å²) in [5.41, 5.74) is 2.51. The lowest BCUT2D eigenvalue weighted by Crippen LogP contribution is -2.24. The number of fused-ring (bicyclic) bond motifs is 2. The maximum Gasteiger partial charge on any atom is 0.419 e. The molecule has 0 spiro atoms. The highest BCUT2D eigenvalue weighted by Gasteiger charge is 2.21. The van der Waals surface area contributed by atoms with Crippen LogP contribution >= 0.6 is 11.6 Å². The van der Waals surface area contributed by atoms with Crippen molar-refractivity contribution in [3.63, 3.8) is 0 Å². The lowest BCUT2D eigenvalue weighted by Gasteiger charge is -2.20. The number of nitrogens with zero attached hydrogens (tertiary/aromatic N) is 4. The molecule has 1 amide bonds. The van der Waals surface area contributed by atoms with Gasteiger partial charge in [-0.05, 0) is 37.1 Å². The van der Waals surface area contributed by atoms with Crippen molar-refractivity contribution in [3.05, 3.63) is 58.0 Å². The van der Waals surface area contributed by atoms with E-state index in [0.29, 0.717) is 27.8 Å². The number of carbonyl (C=O) groups is 1. The number of benzene rings is 2. The minimum Gasteiger partial charge on any atom is -0.408 e. The van der Waals surface area contributed by atoms with Gasteiger partial charge in [0, 0.05) is 37.1 Å². The maximum absolute atomic E-state index is 12.7. The van der Waals surface area contributed by atoms with Crippen LogP contribution in [0.1, 0.15) is 19.3 Å². The number of hydrogen-bond acceptors (Lipinski definition) is 6. The topological polar surface area (TPSA) is 93.3 Å². The molecule has 3 heterocycles. The first kappa shape index (κ1) is 19.6. The Hall–Kier alpha value is -3.39. The van der Waals surface area contributed by atoms with E-state index in [-0.39, 0.29) is 18.9 Å². The second-order valence-electron chi connectivity index (χ2n) is 7.51. The zero-order valence-corrected chi connectivity index (χ0v) is 17.4. The Balaban J connectivity index is 1.38.